The van der Waals surface area contributed by atoms with E-state index >= 15 is 0 Å². The summed E-state index contributed by atoms with van der Waals surface area (Å²) >= 11 is 0. The van der Waals surface area contributed by atoms with Gasteiger partial charge in [0.15, 0.2) is 0 Å². The van der Waals surface area contributed by atoms with Crippen LogP contribution >= 0.6 is 0 Å². The average Bonchev–Trinajstić information content (AvgIpc) is 2.14. The van der Waals surface area contributed by atoms with Gasteiger partial charge in [-0.05, 0) is 24.5 Å². The van der Waals surface area contributed by atoms with Crippen molar-refractivity contribution in [2.75, 3.05) is 6.61 Å². The Balaban J connectivity index is 3.04. The third kappa shape index (κ3) is 2.80. The number of aryl methyl sites for hydroxylation is 1. The minimum atomic E-state index is -3.67. The van der Waals surface area contributed by atoms with Crippen LogP contribution in [0, 0.1) is 0 Å². The highest BCUT2D eigenvalue weighted by Crippen LogP contribution is 2.15. The molecule has 0 aliphatic rings. The van der Waals surface area contributed by atoms with Crippen LogP contribution in [0.3, 0.4) is 0 Å². The molecule has 5 heteroatoms. The Morgan fingerprint density at radius 1 is 1.21 bits per heavy atom. The van der Waals surface area contributed by atoms with E-state index in [1.807, 2.05) is 0 Å². The van der Waals surface area contributed by atoms with Gasteiger partial charge in [0.05, 0.1) is 11.5 Å². The van der Waals surface area contributed by atoms with Crippen molar-refractivity contribution in [2.45, 2.75) is 17.7 Å². The van der Waals surface area contributed by atoms with Gasteiger partial charge in [-0.15, -0.1) is 0 Å². The molecule has 1 aromatic carbocycles. The van der Waals surface area contributed by atoms with Gasteiger partial charge in [-0.1, -0.05) is 18.2 Å². The van der Waals surface area contributed by atoms with Crippen molar-refractivity contribution in [3.63, 3.8) is 0 Å². The van der Waals surface area contributed by atoms with Crippen LogP contribution in [0.2, 0.25) is 0 Å². The van der Waals surface area contributed by atoms with E-state index in [9.17, 15) is 13.5 Å². The van der Waals surface area contributed by atoms with Gasteiger partial charge in [0.1, 0.15) is 0 Å². The lowest BCUT2D eigenvalue weighted by Gasteiger charge is -2.05. The molecule has 0 aliphatic carbocycles. The molecule has 0 atom stereocenters. The molecule has 0 spiro atoms. The van der Waals surface area contributed by atoms with E-state index in [0.717, 1.165) is 0 Å². The summed E-state index contributed by atoms with van der Waals surface area (Å²) in [5.41, 5.74) is 0.617. The molecule has 1 aromatic rings. The van der Waals surface area contributed by atoms with Gasteiger partial charge in [0.25, 0.3) is 0 Å². The number of nitrogens with two attached hydrogens (primary N) is 1. The van der Waals surface area contributed by atoms with E-state index in [1.165, 1.54) is 6.07 Å². The fourth-order valence-corrected chi connectivity index (χ4v) is 2.05. The van der Waals surface area contributed by atoms with E-state index < -0.39 is 10.0 Å². The molecule has 0 bridgehead atoms. The maximum atomic E-state index is 11.1. The monoisotopic (exact) mass is 214 g/mol. The summed E-state index contributed by atoms with van der Waals surface area (Å²) in [6.07, 6.45) is 0.878. The summed E-state index contributed by atoms with van der Waals surface area (Å²) < 4.78 is 22.2. The van der Waals surface area contributed by atoms with Gasteiger partial charge < -0.3 is 0 Å². The van der Waals surface area contributed by atoms with Crippen LogP contribution < -0.4 is 5.14 Å². The zero-order valence-electron chi connectivity index (χ0n) is 7.64. The largest absolute Gasteiger partial charge is 0.238 e. The standard InChI is InChI=1S/C9H12NO3S/c10-14(12,13)9-6-2-1-4-8(9)5-3-7-11/h1-2,4,6H,3,5,7H2,(H2,10,12,13). The topological polar surface area (TPSA) is 80.1 Å². The maximum Gasteiger partial charge on any atom is 0.238 e. The number of sulfonamides is 1. The SMILES string of the molecule is NS(=O)(=O)c1ccccc1CCC[O]. The first-order chi connectivity index (χ1) is 6.55. The Kier molecular flexibility index (Phi) is 3.62. The Labute approximate surface area is 83.4 Å². The highest BCUT2D eigenvalue weighted by atomic mass is 32.2. The zero-order valence-corrected chi connectivity index (χ0v) is 8.46. The Hall–Kier alpha value is -0.910. The van der Waals surface area contributed by atoms with Crippen molar-refractivity contribution in [1.82, 2.24) is 0 Å². The van der Waals surface area contributed by atoms with E-state index in [4.69, 9.17) is 5.14 Å². The van der Waals surface area contributed by atoms with Crippen molar-refractivity contribution in [2.24, 2.45) is 5.14 Å². The van der Waals surface area contributed by atoms with E-state index in [2.05, 4.69) is 0 Å². The molecule has 14 heavy (non-hydrogen) atoms. The Morgan fingerprint density at radius 3 is 2.43 bits per heavy atom. The number of hydrogen-bond acceptors (Lipinski definition) is 2. The summed E-state index contributed by atoms with van der Waals surface area (Å²) in [5, 5.41) is 15.3. The molecule has 0 saturated carbocycles. The number of benzene rings is 1. The predicted molar refractivity (Wildman–Crippen MR) is 51.7 cm³/mol. The second-order valence-electron chi connectivity index (χ2n) is 2.96. The molecule has 4 nitrogen and oxygen atoms in total. The van der Waals surface area contributed by atoms with Crippen LogP contribution in [0.5, 0.6) is 0 Å². The summed E-state index contributed by atoms with van der Waals surface area (Å²) in [6.45, 7) is -0.209. The minimum absolute atomic E-state index is 0.119. The number of primary sulfonamides is 1. The third-order valence-corrected chi connectivity index (χ3v) is 2.88. The summed E-state index contributed by atoms with van der Waals surface area (Å²) in [4.78, 5) is 0.119. The van der Waals surface area contributed by atoms with Crippen LogP contribution in [0.15, 0.2) is 29.2 Å². The average molecular weight is 214 g/mol. The molecule has 2 N–H and O–H groups in total. The van der Waals surface area contributed by atoms with Gasteiger partial charge in [0.2, 0.25) is 10.0 Å². The molecule has 0 amide bonds. The summed E-state index contributed by atoms with van der Waals surface area (Å²) in [5.74, 6) is 0. The van der Waals surface area contributed by atoms with Crippen molar-refractivity contribution in [3.8, 4) is 0 Å². The van der Waals surface area contributed by atoms with E-state index in [0.29, 0.717) is 18.4 Å². The first-order valence-corrected chi connectivity index (χ1v) is 5.79. The first-order valence-electron chi connectivity index (χ1n) is 4.24. The van der Waals surface area contributed by atoms with Gasteiger partial charge in [-0.25, -0.2) is 18.7 Å². The lowest BCUT2D eigenvalue weighted by molar-refractivity contribution is 0.189. The molecule has 77 valence electrons. The lowest BCUT2D eigenvalue weighted by Crippen LogP contribution is -2.14. The molecule has 1 radical (unpaired) electrons. The van der Waals surface area contributed by atoms with Crippen LogP contribution in [0.25, 0.3) is 0 Å². The smallest absolute Gasteiger partial charge is 0.237 e. The van der Waals surface area contributed by atoms with Crippen molar-refractivity contribution in [1.29, 1.82) is 0 Å². The normalized spacial score (nSPS) is 11.6. The molecule has 1 rings (SSSR count). The summed E-state index contributed by atoms with van der Waals surface area (Å²) in [7, 11) is -3.67. The fourth-order valence-electron chi connectivity index (χ4n) is 1.25. The fraction of sp³-hybridized carbons (Fsp3) is 0.333. The summed E-state index contributed by atoms with van der Waals surface area (Å²) in [6, 6.07) is 6.47. The third-order valence-electron chi connectivity index (χ3n) is 1.87. The second-order valence-corrected chi connectivity index (χ2v) is 4.49. The molecule has 0 heterocycles. The van der Waals surface area contributed by atoms with Gasteiger partial charge >= 0.3 is 0 Å². The van der Waals surface area contributed by atoms with E-state index in [1.54, 1.807) is 18.2 Å². The Bertz CT molecular complexity index is 400. The molecule has 0 unspecified atom stereocenters. The van der Waals surface area contributed by atoms with Crippen LogP contribution in [-0.4, -0.2) is 15.0 Å². The molecule has 0 fully saturated rings. The van der Waals surface area contributed by atoms with Gasteiger partial charge in [-0.3, -0.25) is 0 Å². The predicted octanol–water partition coefficient (Wildman–Crippen LogP) is 0.697. The second kappa shape index (κ2) is 4.54. The van der Waals surface area contributed by atoms with Crippen molar-refractivity contribution < 1.29 is 13.5 Å². The number of rotatable bonds is 4. The molecule has 0 saturated heterocycles. The lowest BCUT2D eigenvalue weighted by atomic mass is 10.1. The molecular weight excluding hydrogens is 202 g/mol. The van der Waals surface area contributed by atoms with Crippen LogP contribution in [0.1, 0.15) is 12.0 Å². The Morgan fingerprint density at radius 2 is 1.86 bits per heavy atom. The molecular formula is C9H12NO3S. The van der Waals surface area contributed by atoms with Gasteiger partial charge in [0, 0.05) is 0 Å². The molecule has 0 aliphatic heterocycles. The van der Waals surface area contributed by atoms with Crippen LogP contribution in [0.4, 0.5) is 0 Å². The van der Waals surface area contributed by atoms with Crippen LogP contribution in [-0.2, 0) is 21.6 Å². The molecule has 0 aromatic heterocycles. The van der Waals surface area contributed by atoms with Crippen molar-refractivity contribution in [3.05, 3.63) is 29.8 Å². The van der Waals surface area contributed by atoms with Gasteiger partial charge in [-0.2, -0.15) is 0 Å². The van der Waals surface area contributed by atoms with E-state index in [-0.39, 0.29) is 11.5 Å². The minimum Gasteiger partial charge on any atom is -0.237 e. The highest BCUT2D eigenvalue weighted by Gasteiger charge is 2.11. The first kappa shape index (κ1) is 11.2. The zero-order chi connectivity index (χ0) is 10.6. The highest BCUT2D eigenvalue weighted by molar-refractivity contribution is 7.89. The number of hydrogen-bond donors (Lipinski definition) is 1. The maximum absolute atomic E-state index is 11.1. The van der Waals surface area contributed by atoms with Crippen molar-refractivity contribution >= 4 is 10.0 Å². The quantitative estimate of drug-likeness (QED) is 0.800.